The molecule has 1 rings (SSSR count). The third-order valence-corrected chi connectivity index (χ3v) is 2.59. The van der Waals surface area contributed by atoms with Crippen molar-refractivity contribution in [1.82, 2.24) is 0 Å². The van der Waals surface area contributed by atoms with Gasteiger partial charge in [0.05, 0.1) is 4.92 Å². The van der Waals surface area contributed by atoms with E-state index >= 15 is 0 Å². The first kappa shape index (κ1) is 13.4. The molecule has 5 heteroatoms. The van der Waals surface area contributed by atoms with Crippen molar-refractivity contribution in [2.75, 3.05) is 19.0 Å². The van der Waals surface area contributed by atoms with Gasteiger partial charge in [-0.1, -0.05) is 12.1 Å². The second kappa shape index (κ2) is 6.20. The molecule has 0 aliphatic rings. The SMILES string of the molecule is COCCC(C)Nc1c(C)cccc1[N+](=O)[O-]. The quantitative estimate of drug-likeness (QED) is 0.611. The van der Waals surface area contributed by atoms with Gasteiger partial charge in [0.1, 0.15) is 5.69 Å². The molecule has 5 nitrogen and oxygen atoms in total. The first-order valence-electron chi connectivity index (χ1n) is 5.55. The number of methoxy groups -OCH3 is 1. The Labute approximate surface area is 101 Å². The Morgan fingerprint density at radius 1 is 1.53 bits per heavy atom. The van der Waals surface area contributed by atoms with Gasteiger partial charge in [-0.05, 0) is 25.8 Å². The molecule has 1 aromatic rings. The zero-order valence-electron chi connectivity index (χ0n) is 10.4. The van der Waals surface area contributed by atoms with E-state index < -0.39 is 0 Å². The lowest BCUT2D eigenvalue weighted by molar-refractivity contribution is -0.384. The first-order valence-corrected chi connectivity index (χ1v) is 5.55. The summed E-state index contributed by atoms with van der Waals surface area (Å²) in [7, 11) is 1.64. The summed E-state index contributed by atoms with van der Waals surface area (Å²) in [6, 6.07) is 5.20. The highest BCUT2D eigenvalue weighted by Gasteiger charge is 2.16. The van der Waals surface area contributed by atoms with E-state index in [9.17, 15) is 10.1 Å². The number of para-hydroxylation sites is 1. The molecule has 17 heavy (non-hydrogen) atoms. The average molecular weight is 238 g/mol. The maximum absolute atomic E-state index is 10.9. The van der Waals surface area contributed by atoms with E-state index in [4.69, 9.17) is 4.74 Å². The van der Waals surface area contributed by atoms with Crippen LogP contribution in [0.25, 0.3) is 0 Å². The highest BCUT2D eigenvalue weighted by atomic mass is 16.6. The molecule has 0 aliphatic carbocycles. The number of nitrogens with zero attached hydrogens (tertiary/aromatic N) is 1. The van der Waals surface area contributed by atoms with Crippen molar-refractivity contribution in [3.05, 3.63) is 33.9 Å². The van der Waals surface area contributed by atoms with Crippen LogP contribution in [0.2, 0.25) is 0 Å². The molecule has 0 amide bonds. The molecule has 1 N–H and O–H groups in total. The van der Waals surface area contributed by atoms with Gasteiger partial charge in [0.25, 0.3) is 5.69 Å². The molecular weight excluding hydrogens is 220 g/mol. The molecule has 94 valence electrons. The normalized spacial score (nSPS) is 12.2. The summed E-state index contributed by atoms with van der Waals surface area (Å²) in [5, 5.41) is 14.1. The van der Waals surface area contributed by atoms with Gasteiger partial charge in [0, 0.05) is 25.8 Å². The van der Waals surface area contributed by atoms with Crippen LogP contribution in [-0.2, 0) is 4.74 Å². The Balaban J connectivity index is 2.85. The number of aryl methyl sites for hydroxylation is 1. The summed E-state index contributed by atoms with van der Waals surface area (Å²) in [4.78, 5) is 10.5. The van der Waals surface area contributed by atoms with E-state index in [2.05, 4.69) is 5.32 Å². The molecule has 0 radical (unpaired) electrons. The summed E-state index contributed by atoms with van der Waals surface area (Å²) in [5.74, 6) is 0. The Hall–Kier alpha value is -1.62. The number of hydrogen-bond acceptors (Lipinski definition) is 4. The molecular formula is C12H18N2O3. The molecule has 0 bridgehead atoms. The van der Waals surface area contributed by atoms with E-state index in [0.29, 0.717) is 12.3 Å². The Morgan fingerprint density at radius 3 is 2.82 bits per heavy atom. The number of rotatable bonds is 6. The number of nitro benzene ring substituents is 1. The van der Waals surface area contributed by atoms with Gasteiger partial charge in [-0.25, -0.2) is 0 Å². The van der Waals surface area contributed by atoms with Crippen LogP contribution >= 0.6 is 0 Å². The van der Waals surface area contributed by atoms with Gasteiger partial charge in [-0.15, -0.1) is 0 Å². The molecule has 0 fully saturated rings. The van der Waals surface area contributed by atoms with Gasteiger partial charge in [0.15, 0.2) is 0 Å². The number of hydrogen-bond donors (Lipinski definition) is 1. The van der Waals surface area contributed by atoms with Crippen LogP contribution in [0.15, 0.2) is 18.2 Å². The van der Waals surface area contributed by atoms with Gasteiger partial charge in [-0.2, -0.15) is 0 Å². The third kappa shape index (κ3) is 3.71. The highest BCUT2D eigenvalue weighted by molar-refractivity contribution is 5.66. The lowest BCUT2D eigenvalue weighted by atomic mass is 10.1. The fourth-order valence-corrected chi connectivity index (χ4v) is 1.61. The van der Waals surface area contributed by atoms with E-state index in [0.717, 1.165) is 12.0 Å². The van der Waals surface area contributed by atoms with Crippen molar-refractivity contribution >= 4 is 11.4 Å². The van der Waals surface area contributed by atoms with Crippen LogP contribution in [0, 0.1) is 17.0 Å². The largest absolute Gasteiger partial charge is 0.385 e. The van der Waals surface area contributed by atoms with Gasteiger partial charge in [0.2, 0.25) is 0 Å². The Kier molecular flexibility index (Phi) is 4.90. The molecule has 1 aromatic carbocycles. The minimum atomic E-state index is -0.363. The topological polar surface area (TPSA) is 64.4 Å². The zero-order valence-corrected chi connectivity index (χ0v) is 10.4. The second-order valence-corrected chi connectivity index (χ2v) is 4.05. The molecule has 0 aromatic heterocycles. The minimum Gasteiger partial charge on any atom is -0.385 e. The van der Waals surface area contributed by atoms with Crippen LogP contribution < -0.4 is 5.32 Å². The average Bonchev–Trinajstić information content (AvgIpc) is 2.28. The van der Waals surface area contributed by atoms with E-state index in [-0.39, 0.29) is 16.7 Å². The Morgan fingerprint density at radius 2 is 2.24 bits per heavy atom. The predicted molar refractivity (Wildman–Crippen MR) is 67.4 cm³/mol. The standard InChI is InChI=1S/C12H18N2O3/c1-9-5-4-6-11(14(15)16)12(9)13-10(2)7-8-17-3/h4-6,10,13H,7-8H2,1-3H3. The summed E-state index contributed by atoms with van der Waals surface area (Å²) in [6.07, 6.45) is 0.808. The lowest BCUT2D eigenvalue weighted by Crippen LogP contribution is -2.18. The number of benzene rings is 1. The molecule has 1 atom stereocenters. The van der Waals surface area contributed by atoms with Crippen molar-refractivity contribution < 1.29 is 9.66 Å². The molecule has 0 saturated heterocycles. The molecule has 0 aliphatic heterocycles. The van der Waals surface area contributed by atoms with Crippen molar-refractivity contribution in [2.24, 2.45) is 0 Å². The molecule has 0 heterocycles. The summed E-state index contributed by atoms with van der Waals surface area (Å²) in [5.41, 5.74) is 1.60. The predicted octanol–water partition coefficient (Wildman–Crippen LogP) is 2.74. The smallest absolute Gasteiger partial charge is 0.292 e. The molecule has 1 unspecified atom stereocenters. The monoisotopic (exact) mass is 238 g/mol. The Bertz CT molecular complexity index is 393. The van der Waals surface area contributed by atoms with Gasteiger partial charge in [-0.3, -0.25) is 10.1 Å². The molecule has 0 spiro atoms. The van der Waals surface area contributed by atoms with Crippen molar-refractivity contribution in [2.45, 2.75) is 26.3 Å². The van der Waals surface area contributed by atoms with Crippen LogP contribution in [0.1, 0.15) is 18.9 Å². The maximum atomic E-state index is 10.9. The number of anilines is 1. The van der Waals surface area contributed by atoms with Crippen molar-refractivity contribution in [1.29, 1.82) is 0 Å². The number of nitrogens with one attached hydrogen (secondary N) is 1. The fraction of sp³-hybridized carbons (Fsp3) is 0.500. The number of ether oxygens (including phenoxy) is 1. The summed E-state index contributed by atoms with van der Waals surface area (Å²) < 4.78 is 4.98. The van der Waals surface area contributed by atoms with Gasteiger partial charge >= 0.3 is 0 Å². The van der Waals surface area contributed by atoms with Crippen LogP contribution in [-0.4, -0.2) is 24.7 Å². The van der Waals surface area contributed by atoms with Crippen LogP contribution in [0.3, 0.4) is 0 Å². The fourth-order valence-electron chi connectivity index (χ4n) is 1.61. The molecule has 0 saturated carbocycles. The highest BCUT2D eigenvalue weighted by Crippen LogP contribution is 2.28. The van der Waals surface area contributed by atoms with Crippen molar-refractivity contribution in [3.8, 4) is 0 Å². The van der Waals surface area contributed by atoms with Crippen LogP contribution in [0.4, 0.5) is 11.4 Å². The summed E-state index contributed by atoms with van der Waals surface area (Å²) >= 11 is 0. The van der Waals surface area contributed by atoms with Crippen molar-refractivity contribution in [3.63, 3.8) is 0 Å². The first-order chi connectivity index (χ1) is 8.06. The van der Waals surface area contributed by atoms with Gasteiger partial charge < -0.3 is 10.1 Å². The lowest BCUT2D eigenvalue weighted by Gasteiger charge is -2.16. The summed E-state index contributed by atoms with van der Waals surface area (Å²) in [6.45, 7) is 4.47. The van der Waals surface area contributed by atoms with Crippen LogP contribution in [0.5, 0.6) is 0 Å². The maximum Gasteiger partial charge on any atom is 0.292 e. The zero-order chi connectivity index (χ0) is 12.8. The van der Waals surface area contributed by atoms with E-state index in [1.165, 1.54) is 6.07 Å². The van der Waals surface area contributed by atoms with E-state index in [1.54, 1.807) is 13.2 Å². The van der Waals surface area contributed by atoms with E-state index in [1.807, 2.05) is 19.9 Å². The number of nitro groups is 1. The second-order valence-electron chi connectivity index (χ2n) is 4.05. The minimum absolute atomic E-state index is 0.120. The third-order valence-electron chi connectivity index (χ3n) is 2.59.